The van der Waals surface area contributed by atoms with Crippen molar-refractivity contribution in [3.8, 4) is 5.75 Å². The minimum absolute atomic E-state index is 0.186. The number of halogens is 2. The van der Waals surface area contributed by atoms with Gasteiger partial charge in [-0.05, 0) is 12.1 Å². The molecular weight excluding hydrogens is 257 g/mol. The van der Waals surface area contributed by atoms with Crippen molar-refractivity contribution >= 4 is 23.1 Å². The Hall–Kier alpha value is -1.88. The Labute approximate surface area is 109 Å². The molecule has 2 aromatic rings. The molecule has 0 saturated carbocycles. The highest BCUT2D eigenvalue weighted by Crippen LogP contribution is 2.35. The topological polar surface area (TPSA) is 38.3 Å². The van der Waals surface area contributed by atoms with Crippen molar-refractivity contribution in [3.63, 3.8) is 0 Å². The number of ether oxygens (including phenoxy) is 1. The molecule has 18 heavy (non-hydrogen) atoms. The molecule has 0 saturated heterocycles. The van der Waals surface area contributed by atoms with E-state index in [1.807, 2.05) is 0 Å². The molecule has 0 amide bonds. The molecular formula is C12H11ClFN3O. The van der Waals surface area contributed by atoms with E-state index in [4.69, 9.17) is 16.3 Å². The van der Waals surface area contributed by atoms with E-state index in [1.165, 1.54) is 19.5 Å². The first-order valence-corrected chi connectivity index (χ1v) is 5.55. The van der Waals surface area contributed by atoms with E-state index in [1.54, 1.807) is 30.1 Å². The quantitative estimate of drug-likeness (QED) is 0.801. The number of rotatable bonds is 3. The zero-order valence-electron chi connectivity index (χ0n) is 9.89. The van der Waals surface area contributed by atoms with E-state index in [0.717, 1.165) is 0 Å². The van der Waals surface area contributed by atoms with Crippen LogP contribution in [0.2, 0.25) is 5.15 Å². The van der Waals surface area contributed by atoms with Crippen molar-refractivity contribution in [2.24, 2.45) is 0 Å². The average Bonchev–Trinajstić information content (AvgIpc) is 2.38. The number of nitrogens with zero attached hydrogens (tertiary/aromatic N) is 3. The number of benzene rings is 1. The molecule has 0 aliphatic heterocycles. The lowest BCUT2D eigenvalue weighted by molar-refractivity contribution is 0.412. The molecule has 1 aromatic heterocycles. The second-order valence-electron chi connectivity index (χ2n) is 3.53. The van der Waals surface area contributed by atoms with Gasteiger partial charge in [-0.1, -0.05) is 23.7 Å². The van der Waals surface area contributed by atoms with Crippen LogP contribution in [-0.2, 0) is 0 Å². The van der Waals surface area contributed by atoms with Crippen molar-refractivity contribution in [1.82, 2.24) is 9.97 Å². The normalized spacial score (nSPS) is 10.2. The lowest BCUT2D eigenvalue weighted by atomic mass is 10.3. The SMILES string of the molecule is COc1c(Cl)ncnc1N(C)c1ccccc1F. The summed E-state index contributed by atoms with van der Waals surface area (Å²) in [4.78, 5) is 9.44. The number of aromatic nitrogens is 2. The van der Waals surface area contributed by atoms with Crippen LogP contribution in [0.5, 0.6) is 5.75 Å². The van der Waals surface area contributed by atoms with E-state index in [2.05, 4.69) is 9.97 Å². The molecule has 0 bridgehead atoms. The first-order valence-electron chi connectivity index (χ1n) is 5.18. The van der Waals surface area contributed by atoms with Gasteiger partial charge >= 0.3 is 0 Å². The predicted molar refractivity (Wildman–Crippen MR) is 68.1 cm³/mol. The number of hydrogen-bond acceptors (Lipinski definition) is 4. The Morgan fingerprint density at radius 1 is 1.28 bits per heavy atom. The van der Waals surface area contributed by atoms with Gasteiger partial charge in [0.05, 0.1) is 12.8 Å². The van der Waals surface area contributed by atoms with Gasteiger partial charge in [0.1, 0.15) is 12.1 Å². The van der Waals surface area contributed by atoms with Gasteiger partial charge in [-0.25, -0.2) is 14.4 Å². The van der Waals surface area contributed by atoms with Crippen molar-refractivity contribution in [1.29, 1.82) is 0 Å². The van der Waals surface area contributed by atoms with Gasteiger partial charge in [0, 0.05) is 7.05 Å². The Morgan fingerprint density at radius 3 is 2.67 bits per heavy atom. The second kappa shape index (κ2) is 5.18. The summed E-state index contributed by atoms with van der Waals surface area (Å²) in [6.07, 6.45) is 1.30. The van der Waals surface area contributed by atoms with Gasteiger partial charge < -0.3 is 9.64 Å². The van der Waals surface area contributed by atoms with Crippen LogP contribution in [0.4, 0.5) is 15.9 Å². The monoisotopic (exact) mass is 267 g/mol. The van der Waals surface area contributed by atoms with E-state index >= 15 is 0 Å². The summed E-state index contributed by atoms with van der Waals surface area (Å²) >= 11 is 5.90. The predicted octanol–water partition coefficient (Wildman–Crippen LogP) is 3.05. The molecule has 0 aliphatic carbocycles. The van der Waals surface area contributed by atoms with Crippen molar-refractivity contribution in [2.75, 3.05) is 19.1 Å². The van der Waals surface area contributed by atoms with Crippen molar-refractivity contribution in [2.45, 2.75) is 0 Å². The summed E-state index contributed by atoms with van der Waals surface area (Å²) in [5, 5.41) is 0.186. The Kier molecular flexibility index (Phi) is 3.62. The van der Waals surface area contributed by atoms with Crippen LogP contribution in [0.15, 0.2) is 30.6 Å². The van der Waals surface area contributed by atoms with E-state index < -0.39 is 0 Å². The highest BCUT2D eigenvalue weighted by molar-refractivity contribution is 6.31. The highest BCUT2D eigenvalue weighted by atomic mass is 35.5. The third-order valence-corrected chi connectivity index (χ3v) is 2.75. The fourth-order valence-electron chi connectivity index (χ4n) is 1.60. The first-order chi connectivity index (χ1) is 8.65. The smallest absolute Gasteiger partial charge is 0.199 e. The number of methoxy groups -OCH3 is 1. The average molecular weight is 268 g/mol. The zero-order valence-corrected chi connectivity index (χ0v) is 10.6. The maximum absolute atomic E-state index is 13.7. The van der Waals surface area contributed by atoms with Gasteiger partial charge in [-0.15, -0.1) is 0 Å². The number of anilines is 2. The van der Waals surface area contributed by atoms with Gasteiger partial charge in [-0.2, -0.15) is 0 Å². The fraction of sp³-hybridized carbons (Fsp3) is 0.167. The third-order valence-electron chi connectivity index (χ3n) is 2.48. The van der Waals surface area contributed by atoms with E-state index in [9.17, 15) is 4.39 Å². The molecule has 0 N–H and O–H groups in total. The Morgan fingerprint density at radius 2 is 2.00 bits per heavy atom. The van der Waals surface area contributed by atoms with Crippen LogP contribution < -0.4 is 9.64 Å². The highest BCUT2D eigenvalue weighted by Gasteiger charge is 2.17. The molecule has 6 heteroatoms. The minimum Gasteiger partial charge on any atom is -0.490 e. The molecule has 2 rings (SSSR count). The number of hydrogen-bond donors (Lipinski definition) is 0. The van der Waals surface area contributed by atoms with Crippen LogP contribution in [-0.4, -0.2) is 24.1 Å². The minimum atomic E-state index is -0.350. The molecule has 1 aromatic carbocycles. The summed E-state index contributed by atoms with van der Waals surface area (Å²) in [5.74, 6) is 0.365. The van der Waals surface area contributed by atoms with Crippen LogP contribution in [0.25, 0.3) is 0 Å². The maximum atomic E-state index is 13.7. The molecule has 0 aliphatic rings. The lowest BCUT2D eigenvalue weighted by Gasteiger charge is -2.20. The lowest BCUT2D eigenvalue weighted by Crippen LogP contribution is -2.14. The van der Waals surface area contributed by atoms with Gasteiger partial charge in [0.25, 0.3) is 0 Å². The van der Waals surface area contributed by atoms with Crippen LogP contribution in [0.1, 0.15) is 0 Å². The fourth-order valence-corrected chi connectivity index (χ4v) is 1.80. The van der Waals surface area contributed by atoms with Gasteiger partial charge in [0.15, 0.2) is 16.7 Å². The summed E-state index contributed by atoms with van der Waals surface area (Å²) in [7, 11) is 3.14. The molecule has 0 atom stereocenters. The Bertz CT molecular complexity index is 565. The summed E-state index contributed by atoms with van der Waals surface area (Å²) in [6, 6.07) is 6.38. The molecule has 0 spiro atoms. The van der Waals surface area contributed by atoms with Crippen LogP contribution >= 0.6 is 11.6 Å². The van der Waals surface area contributed by atoms with Gasteiger partial charge in [-0.3, -0.25) is 0 Å². The summed E-state index contributed by atoms with van der Waals surface area (Å²) in [5.41, 5.74) is 0.380. The standard InChI is InChI=1S/C12H11ClFN3O/c1-17(9-6-4-3-5-8(9)14)12-10(18-2)11(13)15-7-16-12/h3-7H,1-2H3. The maximum Gasteiger partial charge on any atom is 0.199 e. The largest absolute Gasteiger partial charge is 0.490 e. The number of para-hydroxylation sites is 1. The van der Waals surface area contributed by atoms with Crippen LogP contribution in [0, 0.1) is 5.82 Å². The molecule has 94 valence electrons. The second-order valence-corrected chi connectivity index (χ2v) is 3.89. The van der Waals surface area contributed by atoms with E-state index in [0.29, 0.717) is 17.3 Å². The molecule has 0 radical (unpaired) electrons. The Balaban J connectivity index is 2.50. The summed E-state index contributed by atoms with van der Waals surface area (Å²) < 4.78 is 18.8. The van der Waals surface area contributed by atoms with Crippen molar-refractivity contribution < 1.29 is 9.13 Å². The molecule has 0 fully saturated rings. The molecule has 4 nitrogen and oxygen atoms in total. The van der Waals surface area contributed by atoms with Gasteiger partial charge in [0.2, 0.25) is 0 Å². The van der Waals surface area contributed by atoms with Crippen LogP contribution in [0.3, 0.4) is 0 Å². The zero-order chi connectivity index (χ0) is 13.1. The van der Waals surface area contributed by atoms with E-state index in [-0.39, 0.29) is 11.0 Å². The summed E-state index contributed by atoms with van der Waals surface area (Å²) in [6.45, 7) is 0. The third kappa shape index (κ3) is 2.22. The first kappa shape index (κ1) is 12.6. The van der Waals surface area contributed by atoms with Crippen molar-refractivity contribution in [3.05, 3.63) is 41.6 Å². The molecule has 1 heterocycles. The molecule has 0 unspecified atom stereocenters.